The first-order valence-corrected chi connectivity index (χ1v) is 7.58. The van der Waals surface area contributed by atoms with Crippen LogP contribution in [0.3, 0.4) is 0 Å². The second-order valence-corrected chi connectivity index (χ2v) is 6.49. The Morgan fingerprint density at radius 2 is 1.80 bits per heavy atom. The average Bonchev–Trinajstić information content (AvgIpc) is 2.80. The van der Waals surface area contributed by atoms with E-state index in [9.17, 15) is 13.2 Å². The molecule has 112 valence electrons. The number of hydrogen-bond donors (Lipinski definition) is 1. The fraction of sp³-hybridized carbons (Fsp3) is 0.800. The maximum absolute atomic E-state index is 12.7. The molecule has 1 fully saturated rings. The van der Waals surface area contributed by atoms with Gasteiger partial charge in [0.1, 0.15) is 5.82 Å². The molecule has 0 amide bonds. The zero-order chi connectivity index (χ0) is 14.3. The number of aromatic nitrogens is 2. The van der Waals surface area contributed by atoms with Crippen molar-refractivity contribution in [3.63, 3.8) is 0 Å². The van der Waals surface area contributed by atoms with E-state index in [2.05, 4.69) is 16.9 Å². The number of H-pyrrole nitrogens is 1. The van der Waals surface area contributed by atoms with Crippen molar-refractivity contribution < 1.29 is 13.2 Å². The van der Waals surface area contributed by atoms with E-state index in [1.165, 1.54) is 5.69 Å². The first-order chi connectivity index (χ1) is 9.43. The Morgan fingerprint density at radius 1 is 1.10 bits per heavy atom. The molecule has 1 aromatic rings. The van der Waals surface area contributed by atoms with E-state index in [-0.39, 0.29) is 18.8 Å². The molecule has 1 heterocycles. The summed E-state index contributed by atoms with van der Waals surface area (Å²) in [5, 5.41) is 0. The molecule has 2 aliphatic rings. The second-order valence-electron chi connectivity index (χ2n) is 6.49. The molecule has 0 saturated heterocycles. The van der Waals surface area contributed by atoms with Gasteiger partial charge in [0.05, 0.1) is 11.6 Å². The molecule has 1 saturated carbocycles. The molecule has 20 heavy (non-hydrogen) atoms. The van der Waals surface area contributed by atoms with Crippen LogP contribution in [0, 0.1) is 11.8 Å². The van der Waals surface area contributed by atoms with Crippen molar-refractivity contribution in [1.82, 2.24) is 9.97 Å². The number of fused-ring (bicyclic) bond motifs is 1. The molecule has 2 aliphatic carbocycles. The SMILES string of the molecule is CC1CCc2nc(C3CCC(C(F)(F)F)CC3)[nH]c2C1. The molecule has 1 aromatic heterocycles. The van der Waals surface area contributed by atoms with E-state index < -0.39 is 12.1 Å². The summed E-state index contributed by atoms with van der Waals surface area (Å²) in [5.41, 5.74) is 2.37. The van der Waals surface area contributed by atoms with Crippen molar-refractivity contribution in [3.8, 4) is 0 Å². The van der Waals surface area contributed by atoms with Crippen molar-refractivity contribution in [2.24, 2.45) is 11.8 Å². The summed E-state index contributed by atoms with van der Waals surface area (Å²) < 4.78 is 38.0. The monoisotopic (exact) mass is 286 g/mol. The first kappa shape index (κ1) is 14.0. The Bertz CT molecular complexity index is 470. The molecule has 1 N–H and O–H groups in total. The predicted octanol–water partition coefficient (Wildman–Crippen LogP) is 4.37. The minimum atomic E-state index is -4.02. The van der Waals surface area contributed by atoms with Crippen molar-refractivity contribution >= 4 is 0 Å². The Hall–Kier alpha value is -1.00. The van der Waals surface area contributed by atoms with Gasteiger partial charge in [-0.3, -0.25) is 0 Å². The number of aromatic amines is 1. The van der Waals surface area contributed by atoms with Gasteiger partial charge in [0, 0.05) is 11.6 Å². The molecule has 2 nitrogen and oxygen atoms in total. The third-order valence-corrected chi connectivity index (χ3v) is 4.89. The Kier molecular flexibility index (Phi) is 3.55. The molecule has 0 aromatic carbocycles. The highest BCUT2D eigenvalue weighted by atomic mass is 19.4. The molecule has 1 atom stereocenters. The number of halogens is 3. The molecule has 1 unspecified atom stereocenters. The van der Waals surface area contributed by atoms with E-state index in [1.54, 1.807) is 0 Å². The lowest BCUT2D eigenvalue weighted by molar-refractivity contribution is -0.182. The summed E-state index contributed by atoms with van der Waals surface area (Å²) in [6.07, 6.45) is 0.871. The van der Waals surface area contributed by atoms with Crippen LogP contribution in [-0.4, -0.2) is 16.1 Å². The van der Waals surface area contributed by atoms with Gasteiger partial charge in [-0.2, -0.15) is 13.2 Å². The number of nitrogens with zero attached hydrogens (tertiary/aromatic N) is 1. The van der Waals surface area contributed by atoms with E-state index >= 15 is 0 Å². The maximum Gasteiger partial charge on any atom is 0.391 e. The lowest BCUT2D eigenvalue weighted by Gasteiger charge is -2.28. The zero-order valence-electron chi connectivity index (χ0n) is 11.8. The third kappa shape index (κ3) is 2.72. The van der Waals surface area contributed by atoms with Gasteiger partial charge >= 0.3 is 6.18 Å². The number of rotatable bonds is 1. The maximum atomic E-state index is 12.7. The van der Waals surface area contributed by atoms with E-state index in [1.807, 2.05) is 0 Å². The lowest BCUT2D eigenvalue weighted by atomic mass is 9.81. The van der Waals surface area contributed by atoms with Crippen LogP contribution in [0.5, 0.6) is 0 Å². The Balaban J connectivity index is 1.67. The topological polar surface area (TPSA) is 28.7 Å². The van der Waals surface area contributed by atoms with Gasteiger partial charge in [-0.25, -0.2) is 4.98 Å². The standard InChI is InChI=1S/C15H21F3N2/c1-9-2-7-12-13(8-9)20-14(19-12)10-3-5-11(6-4-10)15(16,17)18/h9-11H,2-8H2,1H3,(H,19,20). The molecule has 0 spiro atoms. The van der Waals surface area contributed by atoms with Gasteiger partial charge in [0.15, 0.2) is 0 Å². The highest BCUT2D eigenvalue weighted by molar-refractivity contribution is 5.20. The summed E-state index contributed by atoms with van der Waals surface area (Å²) in [6, 6.07) is 0. The fourth-order valence-corrected chi connectivity index (χ4v) is 3.56. The van der Waals surface area contributed by atoms with Gasteiger partial charge in [0.2, 0.25) is 0 Å². The molecule has 5 heteroatoms. The zero-order valence-corrected chi connectivity index (χ0v) is 11.8. The second kappa shape index (κ2) is 5.08. The molecule has 0 radical (unpaired) electrons. The molecule has 0 aliphatic heterocycles. The van der Waals surface area contributed by atoms with Gasteiger partial charge in [-0.15, -0.1) is 0 Å². The first-order valence-electron chi connectivity index (χ1n) is 7.58. The molecular formula is C15H21F3N2. The quantitative estimate of drug-likeness (QED) is 0.816. The fourth-order valence-electron chi connectivity index (χ4n) is 3.56. The molecule has 0 bridgehead atoms. The summed E-state index contributed by atoms with van der Waals surface area (Å²) in [4.78, 5) is 8.05. The summed E-state index contributed by atoms with van der Waals surface area (Å²) in [7, 11) is 0. The number of imidazole rings is 1. The van der Waals surface area contributed by atoms with E-state index in [0.29, 0.717) is 18.8 Å². The van der Waals surface area contributed by atoms with Gasteiger partial charge < -0.3 is 4.98 Å². The van der Waals surface area contributed by atoms with Crippen molar-refractivity contribution in [2.45, 2.75) is 64.0 Å². The van der Waals surface area contributed by atoms with Crippen molar-refractivity contribution in [3.05, 3.63) is 17.2 Å². The van der Waals surface area contributed by atoms with E-state index in [4.69, 9.17) is 0 Å². The predicted molar refractivity (Wildman–Crippen MR) is 70.5 cm³/mol. The lowest BCUT2D eigenvalue weighted by Crippen LogP contribution is -2.27. The normalized spacial score (nSPS) is 31.1. The number of alkyl halides is 3. The van der Waals surface area contributed by atoms with Gasteiger partial charge in [-0.05, 0) is 50.9 Å². The number of nitrogens with one attached hydrogen (secondary N) is 1. The van der Waals surface area contributed by atoms with Crippen LogP contribution >= 0.6 is 0 Å². The van der Waals surface area contributed by atoms with E-state index in [0.717, 1.165) is 30.8 Å². The third-order valence-electron chi connectivity index (χ3n) is 4.89. The number of hydrogen-bond acceptors (Lipinski definition) is 1. The van der Waals surface area contributed by atoms with Crippen LogP contribution in [0.25, 0.3) is 0 Å². The van der Waals surface area contributed by atoms with Crippen LogP contribution in [0.1, 0.15) is 62.2 Å². The van der Waals surface area contributed by atoms with Crippen LogP contribution < -0.4 is 0 Å². The Morgan fingerprint density at radius 3 is 2.45 bits per heavy atom. The molecule has 3 rings (SSSR count). The Labute approximate surface area is 117 Å². The van der Waals surface area contributed by atoms with Gasteiger partial charge in [0.25, 0.3) is 0 Å². The van der Waals surface area contributed by atoms with Crippen LogP contribution in [0.15, 0.2) is 0 Å². The summed E-state index contributed by atoms with van der Waals surface area (Å²) in [6.45, 7) is 2.23. The van der Waals surface area contributed by atoms with Crippen LogP contribution in [0.2, 0.25) is 0 Å². The van der Waals surface area contributed by atoms with Gasteiger partial charge in [-0.1, -0.05) is 6.92 Å². The smallest absolute Gasteiger partial charge is 0.345 e. The minimum Gasteiger partial charge on any atom is -0.345 e. The largest absolute Gasteiger partial charge is 0.391 e. The van der Waals surface area contributed by atoms with Crippen molar-refractivity contribution in [1.29, 1.82) is 0 Å². The molecular weight excluding hydrogens is 265 g/mol. The number of aryl methyl sites for hydroxylation is 1. The van der Waals surface area contributed by atoms with Crippen molar-refractivity contribution in [2.75, 3.05) is 0 Å². The minimum absolute atomic E-state index is 0.189. The highest BCUT2D eigenvalue weighted by Crippen LogP contribution is 2.42. The van der Waals surface area contributed by atoms with Crippen LogP contribution in [0.4, 0.5) is 13.2 Å². The average molecular weight is 286 g/mol. The summed E-state index contributed by atoms with van der Waals surface area (Å²) >= 11 is 0. The van der Waals surface area contributed by atoms with Crippen LogP contribution in [-0.2, 0) is 12.8 Å². The highest BCUT2D eigenvalue weighted by Gasteiger charge is 2.42. The summed E-state index contributed by atoms with van der Waals surface area (Å²) in [5.74, 6) is 0.694.